The minimum absolute atomic E-state index is 0.0472. The van der Waals surface area contributed by atoms with E-state index in [2.05, 4.69) is 15.6 Å². The van der Waals surface area contributed by atoms with Crippen molar-refractivity contribution in [2.75, 3.05) is 31.5 Å². The minimum Gasteiger partial charge on any atom is -0.494 e. The van der Waals surface area contributed by atoms with Gasteiger partial charge < -0.3 is 25.1 Å². The Hall–Kier alpha value is -2.80. The van der Waals surface area contributed by atoms with Crippen LogP contribution < -0.4 is 15.4 Å². The number of aromatic amines is 1. The highest BCUT2D eigenvalue weighted by molar-refractivity contribution is 6.05. The third kappa shape index (κ3) is 4.10. The number of benzene rings is 1. The maximum absolute atomic E-state index is 12.2. The van der Waals surface area contributed by atoms with E-state index in [9.17, 15) is 9.59 Å². The molecule has 0 unspecified atom stereocenters. The first-order valence-corrected chi connectivity index (χ1v) is 6.97. The van der Waals surface area contributed by atoms with Crippen molar-refractivity contribution in [3.05, 3.63) is 41.7 Å². The van der Waals surface area contributed by atoms with Gasteiger partial charge in [0.2, 0.25) is 5.91 Å². The van der Waals surface area contributed by atoms with Crippen LogP contribution in [0.2, 0.25) is 0 Å². The summed E-state index contributed by atoms with van der Waals surface area (Å²) in [5, 5.41) is 5.46. The van der Waals surface area contributed by atoms with Crippen LogP contribution in [0.25, 0.3) is 0 Å². The molecule has 0 aliphatic carbocycles. The Kier molecular flexibility index (Phi) is 5.37. The lowest BCUT2D eigenvalue weighted by atomic mass is 10.2. The highest BCUT2D eigenvalue weighted by atomic mass is 16.5. The topological polar surface area (TPSA) is 92.5 Å². The number of ether oxygens (including phenoxy) is 2. The van der Waals surface area contributed by atoms with Crippen molar-refractivity contribution in [2.24, 2.45) is 0 Å². The fraction of sp³-hybridized carbons (Fsp3) is 0.250. The third-order valence-electron chi connectivity index (χ3n) is 3.21. The molecule has 0 aliphatic heterocycles. The normalized spacial score (nSPS) is 10.2. The lowest BCUT2D eigenvalue weighted by molar-refractivity contribution is -0.119. The van der Waals surface area contributed by atoms with E-state index >= 15 is 0 Å². The average Bonchev–Trinajstić information content (AvgIpc) is 2.95. The van der Waals surface area contributed by atoms with Gasteiger partial charge in [-0.3, -0.25) is 9.59 Å². The summed E-state index contributed by atoms with van der Waals surface area (Å²) in [7, 11) is 2.93. The van der Waals surface area contributed by atoms with E-state index in [1.54, 1.807) is 30.5 Å². The Balaban J connectivity index is 2.14. The number of hydrogen-bond donors (Lipinski definition) is 3. The second-order valence-corrected chi connectivity index (χ2v) is 4.87. The van der Waals surface area contributed by atoms with Crippen LogP contribution in [-0.4, -0.2) is 37.6 Å². The molecule has 0 atom stereocenters. The van der Waals surface area contributed by atoms with E-state index in [0.29, 0.717) is 22.7 Å². The van der Waals surface area contributed by atoms with Crippen molar-refractivity contribution in [1.29, 1.82) is 0 Å². The number of carbonyl (C=O) groups is 2. The van der Waals surface area contributed by atoms with Crippen molar-refractivity contribution in [3.63, 3.8) is 0 Å². The predicted molar refractivity (Wildman–Crippen MR) is 87.0 cm³/mol. The van der Waals surface area contributed by atoms with E-state index in [0.717, 1.165) is 5.69 Å². The first-order chi connectivity index (χ1) is 11.0. The maximum Gasteiger partial charge on any atom is 0.257 e. The summed E-state index contributed by atoms with van der Waals surface area (Å²) in [4.78, 5) is 26.7. The van der Waals surface area contributed by atoms with E-state index < -0.39 is 0 Å². The van der Waals surface area contributed by atoms with Crippen LogP contribution in [0.5, 0.6) is 5.75 Å². The Labute approximate surface area is 134 Å². The van der Waals surface area contributed by atoms with Crippen molar-refractivity contribution in [3.8, 4) is 5.75 Å². The van der Waals surface area contributed by atoms with Crippen LogP contribution in [0.15, 0.2) is 30.5 Å². The number of aromatic nitrogens is 1. The molecule has 0 radical (unpaired) electrons. The molecule has 2 aromatic rings. The van der Waals surface area contributed by atoms with Gasteiger partial charge in [-0.2, -0.15) is 0 Å². The SMILES string of the molecule is COCC(=O)Nc1ccc(NC(=O)c2cc[nH]c2C)cc1OC. The number of carbonyl (C=O) groups excluding carboxylic acids is 2. The van der Waals surface area contributed by atoms with E-state index in [1.165, 1.54) is 14.2 Å². The lowest BCUT2D eigenvalue weighted by Gasteiger charge is -2.12. The number of aryl methyl sites for hydroxylation is 1. The number of hydrogen-bond acceptors (Lipinski definition) is 4. The zero-order valence-corrected chi connectivity index (χ0v) is 13.2. The summed E-state index contributed by atoms with van der Waals surface area (Å²) in [5.41, 5.74) is 2.43. The van der Waals surface area contributed by atoms with E-state index in [-0.39, 0.29) is 18.4 Å². The molecule has 0 aliphatic rings. The molecule has 0 bridgehead atoms. The summed E-state index contributed by atoms with van der Waals surface area (Å²) >= 11 is 0. The van der Waals surface area contributed by atoms with E-state index in [1.807, 2.05) is 6.92 Å². The molecular formula is C16H19N3O4. The highest BCUT2D eigenvalue weighted by Gasteiger charge is 2.12. The van der Waals surface area contributed by atoms with Gasteiger partial charge in [-0.15, -0.1) is 0 Å². The number of H-pyrrole nitrogens is 1. The van der Waals surface area contributed by atoms with Gasteiger partial charge in [0.1, 0.15) is 12.4 Å². The number of methoxy groups -OCH3 is 2. The molecule has 0 fully saturated rings. The molecule has 0 saturated carbocycles. The lowest BCUT2D eigenvalue weighted by Crippen LogP contribution is -2.18. The van der Waals surface area contributed by atoms with Crippen LogP contribution in [0.1, 0.15) is 16.1 Å². The summed E-state index contributed by atoms with van der Waals surface area (Å²) < 4.78 is 10.0. The molecule has 3 N–H and O–H groups in total. The zero-order chi connectivity index (χ0) is 16.8. The monoisotopic (exact) mass is 317 g/mol. The van der Waals surface area contributed by atoms with Crippen LogP contribution >= 0.6 is 0 Å². The summed E-state index contributed by atoms with van der Waals surface area (Å²) in [6.07, 6.45) is 1.71. The van der Waals surface area contributed by atoms with Crippen LogP contribution in [-0.2, 0) is 9.53 Å². The standard InChI is InChI=1S/C16H19N3O4/c1-10-12(6-7-17-10)16(21)18-11-4-5-13(14(8-11)23-3)19-15(20)9-22-2/h4-8,17H,9H2,1-3H3,(H,18,21)(H,19,20). The van der Waals surface area contributed by atoms with Crippen LogP contribution in [0.4, 0.5) is 11.4 Å². The van der Waals surface area contributed by atoms with Crippen molar-refractivity contribution >= 4 is 23.2 Å². The molecule has 0 spiro atoms. The van der Waals surface area contributed by atoms with Crippen molar-refractivity contribution < 1.29 is 19.1 Å². The average molecular weight is 317 g/mol. The van der Waals surface area contributed by atoms with Gasteiger partial charge in [0.15, 0.2) is 0 Å². The molecule has 1 aromatic carbocycles. The summed E-state index contributed by atoms with van der Waals surface area (Å²) in [6.45, 7) is 1.78. The summed E-state index contributed by atoms with van der Waals surface area (Å²) in [6, 6.07) is 6.69. The second-order valence-electron chi connectivity index (χ2n) is 4.87. The van der Waals surface area contributed by atoms with Gasteiger partial charge in [0, 0.05) is 30.8 Å². The number of amides is 2. The molecular weight excluding hydrogens is 298 g/mol. The minimum atomic E-state index is -0.287. The van der Waals surface area contributed by atoms with Crippen LogP contribution in [0.3, 0.4) is 0 Å². The molecule has 7 heteroatoms. The fourth-order valence-corrected chi connectivity index (χ4v) is 2.09. The Bertz CT molecular complexity index is 709. The Morgan fingerprint density at radius 3 is 2.57 bits per heavy atom. The molecule has 7 nitrogen and oxygen atoms in total. The fourth-order valence-electron chi connectivity index (χ4n) is 2.09. The van der Waals surface area contributed by atoms with Crippen molar-refractivity contribution in [1.82, 2.24) is 4.98 Å². The predicted octanol–water partition coefficient (Wildman–Crippen LogP) is 2.17. The third-order valence-corrected chi connectivity index (χ3v) is 3.21. The zero-order valence-electron chi connectivity index (χ0n) is 13.2. The van der Waals surface area contributed by atoms with Gasteiger partial charge in [0.25, 0.3) is 5.91 Å². The van der Waals surface area contributed by atoms with Gasteiger partial charge in [-0.1, -0.05) is 0 Å². The maximum atomic E-state index is 12.2. The van der Waals surface area contributed by atoms with Gasteiger partial charge in [0.05, 0.1) is 18.4 Å². The second kappa shape index (κ2) is 7.46. The number of rotatable bonds is 6. The van der Waals surface area contributed by atoms with E-state index in [4.69, 9.17) is 9.47 Å². The smallest absolute Gasteiger partial charge is 0.257 e. The van der Waals surface area contributed by atoms with Gasteiger partial charge >= 0.3 is 0 Å². The molecule has 122 valence electrons. The van der Waals surface area contributed by atoms with Crippen molar-refractivity contribution in [2.45, 2.75) is 6.92 Å². The summed E-state index contributed by atoms with van der Waals surface area (Å²) in [5.74, 6) is -0.0643. The number of nitrogens with one attached hydrogen (secondary N) is 3. The molecule has 0 saturated heterocycles. The largest absolute Gasteiger partial charge is 0.494 e. The van der Waals surface area contributed by atoms with Crippen LogP contribution in [0, 0.1) is 6.92 Å². The first kappa shape index (κ1) is 16.6. The quantitative estimate of drug-likeness (QED) is 0.761. The molecule has 1 heterocycles. The first-order valence-electron chi connectivity index (χ1n) is 6.97. The van der Waals surface area contributed by atoms with Gasteiger partial charge in [-0.05, 0) is 25.1 Å². The Morgan fingerprint density at radius 2 is 1.96 bits per heavy atom. The highest BCUT2D eigenvalue weighted by Crippen LogP contribution is 2.28. The number of anilines is 2. The molecule has 1 aromatic heterocycles. The molecule has 2 amide bonds. The molecule has 2 rings (SSSR count). The molecule has 23 heavy (non-hydrogen) atoms. The van der Waals surface area contributed by atoms with Gasteiger partial charge in [-0.25, -0.2) is 0 Å². The Morgan fingerprint density at radius 1 is 1.17 bits per heavy atom.